The van der Waals surface area contributed by atoms with Crippen LogP contribution in [-0.2, 0) is 23.3 Å². The zero-order valence-electron chi connectivity index (χ0n) is 14.0. The average Bonchev–Trinajstić information content (AvgIpc) is 2.99. The smallest absolute Gasteiger partial charge is 0.234 e. The van der Waals surface area contributed by atoms with Gasteiger partial charge in [0, 0.05) is 6.54 Å². The van der Waals surface area contributed by atoms with Gasteiger partial charge in [-0.3, -0.25) is 10.1 Å². The number of hydrogen-bond donors (Lipinski definition) is 3. The van der Waals surface area contributed by atoms with Crippen LogP contribution in [0.1, 0.15) is 28.7 Å². The lowest BCUT2D eigenvalue weighted by Crippen LogP contribution is -2.48. The largest absolute Gasteiger partial charge is 0.394 e. The lowest BCUT2D eigenvalue weighted by molar-refractivity contribution is -0.120. The number of carbonyl (C=O) groups is 1. The summed E-state index contributed by atoms with van der Waals surface area (Å²) in [7, 11) is 0. The number of amides is 1. The van der Waals surface area contributed by atoms with Gasteiger partial charge in [-0.2, -0.15) is 0 Å². The predicted octanol–water partition coefficient (Wildman–Crippen LogP) is 2.03. The molecule has 2 aromatic carbocycles. The molecule has 4 nitrogen and oxygen atoms in total. The Morgan fingerprint density at radius 3 is 2.67 bits per heavy atom. The maximum Gasteiger partial charge on any atom is 0.234 e. The Bertz CT molecular complexity index is 712. The highest BCUT2D eigenvalue weighted by molar-refractivity contribution is 5.78. The lowest BCUT2D eigenvalue weighted by atomic mass is 9.92. The van der Waals surface area contributed by atoms with Crippen molar-refractivity contribution in [1.82, 2.24) is 10.6 Å². The molecule has 3 N–H and O–H groups in total. The van der Waals surface area contributed by atoms with Crippen LogP contribution in [0.3, 0.4) is 0 Å². The molecule has 0 aliphatic heterocycles. The number of carbonyl (C=O) groups excluding carboxylic acids is 1. The SMILES string of the molecule is Cc1ccc(CNC(=O)CNC2(CO)CCc3ccccc32)cc1. The fraction of sp³-hybridized carbons (Fsp3) is 0.350. The summed E-state index contributed by atoms with van der Waals surface area (Å²) in [5.74, 6) is -0.0622. The van der Waals surface area contributed by atoms with E-state index in [1.807, 2.05) is 49.4 Å². The molecule has 126 valence electrons. The molecule has 2 aromatic rings. The summed E-state index contributed by atoms with van der Waals surface area (Å²) in [6, 6.07) is 16.2. The molecule has 1 unspecified atom stereocenters. The molecular formula is C20H24N2O2. The third kappa shape index (κ3) is 3.50. The highest BCUT2D eigenvalue weighted by atomic mass is 16.3. The van der Waals surface area contributed by atoms with Crippen LogP contribution < -0.4 is 10.6 Å². The molecule has 0 spiro atoms. The van der Waals surface area contributed by atoms with Crippen molar-refractivity contribution in [3.8, 4) is 0 Å². The first-order chi connectivity index (χ1) is 11.6. The van der Waals surface area contributed by atoms with Gasteiger partial charge >= 0.3 is 0 Å². The van der Waals surface area contributed by atoms with Crippen molar-refractivity contribution in [2.45, 2.75) is 31.8 Å². The monoisotopic (exact) mass is 324 g/mol. The molecule has 24 heavy (non-hydrogen) atoms. The zero-order chi connectivity index (χ0) is 17.0. The minimum Gasteiger partial charge on any atom is -0.394 e. The summed E-state index contributed by atoms with van der Waals surface area (Å²) in [5.41, 5.74) is 4.14. The highest BCUT2D eigenvalue weighted by Gasteiger charge is 2.37. The van der Waals surface area contributed by atoms with Crippen LogP contribution >= 0.6 is 0 Å². The van der Waals surface area contributed by atoms with E-state index in [2.05, 4.69) is 16.7 Å². The quantitative estimate of drug-likeness (QED) is 0.762. The first kappa shape index (κ1) is 16.7. The van der Waals surface area contributed by atoms with Crippen LogP contribution in [0.5, 0.6) is 0 Å². The van der Waals surface area contributed by atoms with Gasteiger partial charge in [0.15, 0.2) is 0 Å². The van der Waals surface area contributed by atoms with Crippen LogP contribution in [-0.4, -0.2) is 24.2 Å². The summed E-state index contributed by atoms with van der Waals surface area (Å²) in [5, 5.41) is 16.1. The van der Waals surface area contributed by atoms with Crippen molar-refractivity contribution in [2.75, 3.05) is 13.2 Å². The summed E-state index contributed by atoms with van der Waals surface area (Å²) in [4.78, 5) is 12.2. The van der Waals surface area contributed by atoms with E-state index in [1.165, 1.54) is 11.1 Å². The van der Waals surface area contributed by atoms with Crippen molar-refractivity contribution >= 4 is 5.91 Å². The molecule has 0 saturated heterocycles. The zero-order valence-corrected chi connectivity index (χ0v) is 14.0. The number of benzene rings is 2. The third-order valence-corrected chi connectivity index (χ3v) is 4.82. The number of fused-ring (bicyclic) bond motifs is 1. The van der Waals surface area contributed by atoms with E-state index in [-0.39, 0.29) is 19.1 Å². The third-order valence-electron chi connectivity index (χ3n) is 4.82. The van der Waals surface area contributed by atoms with Gasteiger partial charge in [0.2, 0.25) is 5.91 Å². The second-order valence-electron chi connectivity index (χ2n) is 6.51. The Balaban J connectivity index is 1.56. The standard InChI is InChI=1S/C20H24N2O2/c1-15-6-8-16(9-7-15)12-21-19(24)13-22-20(14-23)11-10-17-4-2-3-5-18(17)20/h2-9,22-23H,10-14H2,1H3,(H,21,24). The fourth-order valence-electron chi connectivity index (χ4n) is 3.31. The Hall–Kier alpha value is -2.17. The van der Waals surface area contributed by atoms with Gasteiger partial charge in [-0.15, -0.1) is 0 Å². The van der Waals surface area contributed by atoms with Gasteiger partial charge in [-0.05, 0) is 36.5 Å². The Morgan fingerprint density at radius 2 is 1.92 bits per heavy atom. The van der Waals surface area contributed by atoms with Crippen molar-refractivity contribution in [1.29, 1.82) is 0 Å². The summed E-state index contributed by atoms with van der Waals surface area (Å²) in [6.07, 6.45) is 1.74. The van der Waals surface area contributed by atoms with E-state index in [0.717, 1.165) is 24.0 Å². The first-order valence-corrected chi connectivity index (χ1v) is 8.39. The highest BCUT2D eigenvalue weighted by Crippen LogP contribution is 2.36. The summed E-state index contributed by atoms with van der Waals surface area (Å²) in [6.45, 7) is 2.75. The van der Waals surface area contributed by atoms with Crippen LogP contribution in [0, 0.1) is 6.92 Å². The second-order valence-corrected chi connectivity index (χ2v) is 6.51. The minimum atomic E-state index is -0.502. The van der Waals surface area contributed by atoms with E-state index in [4.69, 9.17) is 0 Å². The van der Waals surface area contributed by atoms with E-state index >= 15 is 0 Å². The average molecular weight is 324 g/mol. The fourth-order valence-corrected chi connectivity index (χ4v) is 3.31. The molecule has 3 rings (SSSR count). The maximum absolute atomic E-state index is 12.2. The predicted molar refractivity (Wildman–Crippen MR) is 94.6 cm³/mol. The Morgan fingerprint density at radius 1 is 1.17 bits per heavy atom. The normalized spacial score (nSPS) is 19.1. The van der Waals surface area contributed by atoms with Crippen molar-refractivity contribution in [3.05, 3.63) is 70.8 Å². The molecule has 1 amide bonds. The second kappa shape index (κ2) is 7.16. The molecule has 0 heterocycles. The number of hydrogen-bond acceptors (Lipinski definition) is 3. The Labute approximate surface area is 142 Å². The molecule has 0 radical (unpaired) electrons. The van der Waals surface area contributed by atoms with Crippen LogP contribution in [0.2, 0.25) is 0 Å². The molecule has 0 saturated carbocycles. The molecule has 0 aromatic heterocycles. The summed E-state index contributed by atoms with van der Waals surface area (Å²) >= 11 is 0. The van der Waals surface area contributed by atoms with Gasteiger partial charge in [-0.25, -0.2) is 0 Å². The van der Waals surface area contributed by atoms with E-state index in [1.54, 1.807) is 0 Å². The Kier molecular flexibility index (Phi) is 4.97. The summed E-state index contributed by atoms with van der Waals surface area (Å²) < 4.78 is 0. The van der Waals surface area contributed by atoms with Gasteiger partial charge < -0.3 is 10.4 Å². The van der Waals surface area contributed by atoms with Crippen LogP contribution in [0.15, 0.2) is 48.5 Å². The molecular weight excluding hydrogens is 300 g/mol. The minimum absolute atomic E-state index is 0.00471. The molecule has 0 fully saturated rings. The first-order valence-electron chi connectivity index (χ1n) is 8.39. The van der Waals surface area contributed by atoms with Crippen molar-refractivity contribution in [3.63, 3.8) is 0 Å². The molecule has 1 aliphatic rings. The van der Waals surface area contributed by atoms with E-state index in [0.29, 0.717) is 6.54 Å². The van der Waals surface area contributed by atoms with Gasteiger partial charge in [0.05, 0.1) is 18.7 Å². The number of aliphatic hydroxyl groups is 1. The van der Waals surface area contributed by atoms with Gasteiger partial charge in [0.25, 0.3) is 0 Å². The maximum atomic E-state index is 12.2. The van der Waals surface area contributed by atoms with E-state index in [9.17, 15) is 9.90 Å². The van der Waals surface area contributed by atoms with Crippen LogP contribution in [0.25, 0.3) is 0 Å². The number of aliphatic hydroxyl groups excluding tert-OH is 1. The number of aryl methyl sites for hydroxylation is 2. The topological polar surface area (TPSA) is 61.4 Å². The van der Waals surface area contributed by atoms with Crippen LogP contribution in [0.4, 0.5) is 0 Å². The molecule has 1 atom stereocenters. The van der Waals surface area contributed by atoms with Crippen molar-refractivity contribution < 1.29 is 9.90 Å². The number of nitrogens with one attached hydrogen (secondary N) is 2. The van der Waals surface area contributed by atoms with Crippen molar-refractivity contribution in [2.24, 2.45) is 0 Å². The van der Waals surface area contributed by atoms with Gasteiger partial charge in [-0.1, -0.05) is 54.1 Å². The van der Waals surface area contributed by atoms with E-state index < -0.39 is 5.54 Å². The van der Waals surface area contributed by atoms with Gasteiger partial charge in [0.1, 0.15) is 0 Å². The molecule has 1 aliphatic carbocycles. The number of rotatable bonds is 6. The molecule has 0 bridgehead atoms. The molecule has 4 heteroatoms. The lowest BCUT2D eigenvalue weighted by Gasteiger charge is -2.29.